The van der Waals surface area contributed by atoms with Crippen LogP contribution in [-0.4, -0.2) is 35.6 Å². The van der Waals surface area contributed by atoms with Crippen LogP contribution in [0.2, 0.25) is 0 Å². The fraction of sp³-hybridized carbons (Fsp3) is 0.533. The Balaban J connectivity index is 1.60. The van der Waals surface area contributed by atoms with Crippen LogP contribution in [-0.2, 0) is 0 Å². The predicted molar refractivity (Wildman–Crippen MR) is 77.4 cm³/mol. The number of nitrogens with one attached hydrogen (secondary N) is 1. The van der Waals surface area contributed by atoms with Crippen LogP contribution in [0.5, 0.6) is 0 Å². The molecule has 0 saturated carbocycles. The molecule has 1 saturated heterocycles. The lowest BCUT2D eigenvalue weighted by molar-refractivity contribution is 0.222. The summed E-state index contributed by atoms with van der Waals surface area (Å²) in [6.07, 6.45) is 4.04. The molecule has 1 unspecified atom stereocenters. The van der Waals surface area contributed by atoms with E-state index in [-0.39, 0.29) is 0 Å². The maximum Gasteiger partial charge on any atom is 0.295 e. The lowest BCUT2D eigenvalue weighted by Crippen LogP contribution is -2.38. The van der Waals surface area contributed by atoms with Crippen molar-refractivity contribution in [3.8, 4) is 0 Å². The Kier molecular flexibility index (Phi) is 3.69. The van der Waals surface area contributed by atoms with Gasteiger partial charge in [0.25, 0.3) is 6.01 Å². The number of hydrogen-bond donors (Lipinski definition) is 1. The molecular weight excluding hydrogens is 238 g/mol. The first-order valence-electron chi connectivity index (χ1n) is 7.16. The van der Waals surface area contributed by atoms with Crippen LogP contribution in [0.15, 0.2) is 28.7 Å². The van der Waals surface area contributed by atoms with Crippen LogP contribution in [0.4, 0.5) is 6.01 Å². The van der Waals surface area contributed by atoms with Gasteiger partial charge < -0.3 is 14.6 Å². The minimum absolute atomic E-state index is 0.353. The van der Waals surface area contributed by atoms with Crippen molar-refractivity contribution in [2.75, 3.05) is 25.0 Å². The maximum atomic E-state index is 5.69. The first-order valence-corrected chi connectivity index (χ1v) is 7.16. The highest BCUT2D eigenvalue weighted by Gasteiger charge is 2.14. The summed E-state index contributed by atoms with van der Waals surface area (Å²) in [4.78, 5) is 6.97. The average Bonchev–Trinajstić information content (AvgIpc) is 2.81. The monoisotopic (exact) mass is 259 g/mol. The molecule has 1 fully saturated rings. The highest BCUT2D eigenvalue weighted by Crippen LogP contribution is 2.19. The summed E-state index contributed by atoms with van der Waals surface area (Å²) < 4.78 is 5.69. The van der Waals surface area contributed by atoms with E-state index in [9.17, 15) is 0 Å². The van der Waals surface area contributed by atoms with Crippen LogP contribution in [0.1, 0.15) is 26.2 Å². The highest BCUT2D eigenvalue weighted by atomic mass is 16.4. The molecule has 0 aliphatic carbocycles. The summed E-state index contributed by atoms with van der Waals surface area (Å²) in [5, 5.41) is 3.36. The molecular formula is C15H21N3O. The Labute approximate surface area is 113 Å². The number of para-hydroxylation sites is 2. The second-order valence-electron chi connectivity index (χ2n) is 5.39. The third kappa shape index (κ3) is 3.07. The number of rotatable bonds is 4. The smallest absolute Gasteiger partial charge is 0.295 e. The molecule has 1 aromatic heterocycles. The summed E-state index contributed by atoms with van der Waals surface area (Å²) in [6.45, 7) is 5.68. The van der Waals surface area contributed by atoms with Crippen LogP contribution in [0.3, 0.4) is 0 Å². The van der Waals surface area contributed by atoms with Gasteiger partial charge in [0.1, 0.15) is 5.52 Å². The molecule has 19 heavy (non-hydrogen) atoms. The molecule has 2 aromatic rings. The minimum Gasteiger partial charge on any atom is -0.424 e. The predicted octanol–water partition coefficient (Wildman–Crippen LogP) is 3.11. The summed E-state index contributed by atoms with van der Waals surface area (Å²) in [6, 6.07) is 8.85. The van der Waals surface area contributed by atoms with Crippen LogP contribution < -0.4 is 5.32 Å². The van der Waals surface area contributed by atoms with Gasteiger partial charge in [0.05, 0.1) is 0 Å². The van der Waals surface area contributed by atoms with Gasteiger partial charge in [-0.05, 0) is 45.0 Å². The third-order valence-corrected chi connectivity index (χ3v) is 3.64. The molecule has 102 valence electrons. The van der Waals surface area contributed by atoms with E-state index in [1.165, 1.54) is 32.4 Å². The van der Waals surface area contributed by atoms with Crippen LogP contribution >= 0.6 is 0 Å². The van der Waals surface area contributed by atoms with E-state index in [2.05, 4.69) is 22.1 Å². The van der Waals surface area contributed by atoms with Gasteiger partial charge in [-0.25, -0.2) is 0 Å². The van der Waals surface area contributed by atoms with Crippen molar-refractivity contribution < 1.29 is 4.42 Å². The molecule has 1 atom stereocenters. The number of aromatic nitrogens is 1. The van der Waals surface area contributed by atoms with Crippen molar-refractivity contribution in [1.82, 2.24) is 9.88 Å². The molecule has 0 radical (unpaired) electrons. The van der Waals surface area contributed by atoms with Gasteiger partial charge in [-0.3, -0.25) is 0 Å². The number of fused-ring (bicyclic) bond motifs is 1. The lowest BCUT2D eigenvalue weighted by Gasteiger charge is -2.29. The Morgan fingerprint density at radius 3 is 2.84 bits per heavy atom. The fourth-order valence-corrected chi connectivity index (χ4v) is 2.72. The molecule has 1 aliphatic heterocycles. The van der Waals surface area contributed by atoms with Crippen molar-refractivity contribution in [3.63, 3.8) is 0 Å². The molecule has 3 rings (SSSR count). The number of nitrogens with zero attached hydrogens (tertiary/aromatic N) is 2. The Bertz CT molecular complexity index is 498. The van der Waals surface area contributed by atoms with Crippen molar-refractivity contribution in [1.29, 1.82) is 0 Å². The van der Waals surface area contributed by atoms with E-state index < -0.39 is 0 Å². The van der Waals surface area contributed by atoms with Gasteiger partial charge in [-0.15, -0.1) is 0 Å². The van der Waals surface area contributed by atoms with Gasteiger partial charge in [-0.2, -0.15) is 4.98 Å². The largest absolute Gasteiger partial charge is 0.424 e. The van der Waals surface area contributed by atoms with Gasteiger partial charge >= 0.3 is 0 Å². The second-order valence-corrected chi connectivity index (χ2v) is 5.39. The van der Waals surface area contributed by atoms with Gasteiger partial charge in [0.2, 0.25) is 0 Å². The van der Waals surface area contributed by atoms with Crippen LogP contribution in [0, 0.1) is 0 Å². The SMILES string of the molecule is CC(CN1CCCCC1)Nc1nc2ccccc2o1. The first kappa shape index (κ1) is 12.5. The van der Waals surface area contributed by atoms with E-state index >= 15 is 0 Å². The van der Waals surface area contributed by atoms with Gasteiger partial charge in [-0.1, -0.05) is 18.6 Å². The van der Waals surface area contributed by atoms with Gasteiger partial charge in [0.15, 0.2) is 5.58 Å². The van der Waals surface area contributed by atoms with Crippen molar-refractivity contribution in [2.24, 2.45) is 0 Å². The quantitative estimate of drug-likeness (QED) is 0.916. The number of likely N-dealkylation sites (tertiary alicyclic amines) is 1. The second kappa shape index (κ2) is 5.61. The Morgan fingerprint density at radius 1 is 1.26 bits per heavy atom. The Morgan fingerprint density at radius 2 is 2.05 bits per heavy atom. The van der Waals surface area contributed by atoms with E-state index in [0.717, 1.165) is 17.6 Å². The number of oxazole rings is 1. The lowest BCUT2D eigenvalue weighted by atomic mass is 10.1. The maximum absolute atomic E-state index is 5.69. The molecule has 0 bridgehead atoms. The van der Waals surface area contributed by atoms with Crippen molar-refractivity contribution in [3.05, 3.63) is 24.3 Å². The molecule has 2 heterocycles. The highest BCUT2D eigenvalue weighted by molar-refractivity contribution is 5.74. The molecule has 4 nitrogen and oxygen atoms in total. The zero-order chi connectivity index (χ0) is 13.1. The molecule has 0 spiro atoms. The van der Waals surface area contributed by atoms with Crippen LogP contribution in [0.25, 0.3) is 11.1 Å². The van der Waals surface area contributed by atoms with Crippen molar-refractivity contribution in [2.45, 2.75) is 32.2 Å². The van der Waals surface area contributed by atoms with Gasteiger partial charge in [0, 0.05) is 12.6 Å². The number of benzene rings is 1. The standard InChI is InChI=1S/C15H21N3O/c1-12(11-18-9-5-2-6-10-18)16-15-17-13-7-3-4-8-14(13)19-15/h3-4,7-8,12H,2,5-6,9-11H2,1H3,(H,16,17). The zero-order valence-electron chi connectivity index (χ0n) is 11.4. The summed E-state index contributed by atoms with van der Waals surface area (Å²) >= 11 is 0. The Hall–Kier alpha value is -1.55. The van der Waals surface area contributed by atoms with E-state index in [1.54, 1.807) is 0 Å². The normalized spacial score (nSPS) is 18.6. The topological polar surface area (TPSA) is 41.3 Å². The first-order chi connectivity index (χ1) is 9.31. The minimum atomic E-state index is 0.353. The van der Waals surface area contributed by atoms with E-state index in [0.29, 0.717) is 12.1 Å². The van der Waals surface area contributed by atoms with E-state index in [4.69, 9.17) is 4.42 Å². The summed E-state index contributed by atoms with van der Waals surface area (Å²) in [7, 11) is 0. The molecule has 4 heteroatoms. The molecule has 1 aromatic carbocycles. The molecule has 0 amide bonds. The molecule has 1 N–H and O–H groups in total. The summed E-state index contributed by atoms with van der Waals surface area (Å²) in [5.74, 6) is 0. The summed E-state index contributed by atoms with van der Waals surface area (Å²) in [5.41, 5.74) is 1.75. The third-order valence-electron chi connectivity index (χ3n) is 3.64. The number of piperidine rings is 1. The molecule has 1 aliphatic rings. The zero-order valence-corrected chi connectivity index (χ0v) is 11.4. The average molecular weight is 259 g/mol. The van der Waals surface area contributed by atoms with E-state index in [1.807, 2.05) is 24.3 Å². The number of hydrogen-bond acceptors (Lipinski definition) is 4. The van der Waals surface area contributed by atoms with Crippen molar-refractivity contribution >= 4 is 17.1 Å². The number of anilines is 1. The fourth-order valence-electron chi connectivity index (χ4n) is 2.72.